The Labute approximate surface area is 100 Å². The van der Waals surface area contributed by atoms with E-state index in [9.17, 15) is 13.9 Å². The zero-order chi connectivity index (χ0) is 12.9. The fourth-order valence-electron chi connectivity index (χ4n) is 2.97. The second-order valence-corrected chi connectivity index (χ2v) is 6.27. The number of rotatable bonds is 1. The van der Waals surface area contributed by atoms with Gasteiger partial charge in [0.15, 0.2) is 0 Å². The lowest BCUT2D eigenvalue weighted by atomic mass is 9.68. The molecule has 3 nitrogen and oxygen atoms in total. The molecule has 1 atom stereocenters. The van der Waals surface area contributed by atoms with Gasteiger partial charge in [-0.3, -0.25) is 0 Å². The van der Waals surface area contributed by atoms with E-state index >= 15 is 0 Å². The molecular weight excluding hydrogens is 228 g/mol. The average Bonchev–Trinajstić information content (AvgIpc) is 2.48. The van der Waals surface area contributed by atoms with Gasteiger partial charge in [-0.2, -0.15) is 0 Å². The normalized spacial score (nSPS) is 39.2. The van der Waals surface area contributed by atoms with Crippen LogP contribution in [-0.4, -0.2) is 34.4 Å². The molecule has 0 aromatic heterocycles. The number of ether oxygens (including phenoxy) is 1. The SMILES string of the molecule is CC1(C)CC(O)(C2(N)CCC(F)(F)CC2)CO1. The Morgan fingerprint density at radius 1 is 1.12 bits per heavy atom. The lowest BCUT2D eigenvalue weighted by Gasteiger charge is -2.46. The molecule has 17 heavy (non-hydrogen) atoms. The van der Waals surface area contributed by atoms with E-state index in [1.807, 2.05) is 13.8 Å². The average molecular weight is 249 g/mol. The van der Waals surface area contributed by atoms with Gasteiger partial charge in [0.1, 0.15) is 5.60 Å². The van der Waals surface area contributed by atoms with Gasteiger partial charge in [0.2, 0.25) is 5.92 Å². The van der Waals surface area contributed by atoms with Gasteiger partial charge in [-0.05, 0) is 26.7 Å². The third kappa shape index (κ3) is 2.33. The predicted octanol–water partition coefficient (Wildman–Crippen LogP) is 1.82. The first-order valence-corrected chi connectivity index (χ1v) is 6.11. The number of nitrogens with two attached hydrogens (primary N) is 1. The van der Waals surface area contributed by atoms with Crippen molar-refractivity contribution in [2.45, 2.75) is 68.6 Å². The maximum Gasteiger partial charge on any atom is 0.248 e. The summed E-state index contributed by atoms with van der Waals surface area (Å²) in [6, 6.07) is 0. The van der Waals surface area contributed by atoms with E-state index in [1.54, 1.807) is 0 Å². The van der Waals surface area contributed by atoms with Crippen LogP contribution >= 0.6 is 0 Å². The summed E-state index contributed by atoms with van der Waals surface area (Å²) in [5.41, 5.74) is 3.63. The van der Waals surface area contributed by atoms with Crippen molar-refractivity contribution in [3.05, 3.63) is 0 Å². The molecule has 2 fully saturated rings. The zero-order valence-corrected chi connectivity index (χ0v) is 10.4. The van der Waals surface area contributed by atoms with E-state index in [2.05, 4.69) is 0 Å². The van der Waals surface area contributed by atoms with Crippen molar-refractivity contribution in [1.29, 1.82) is 0 Å². The Balaban J connectivity index is 2.12. The lowest BCUT2D eigenvalue weighted by Crippen LogP contribution is -2.63. The van der Waals surface area contributed by atoms with E-state index in [0.29, 0.717) is 6.42 Å². The van der Waals surface area contributed by atoms with Gasteiger partial charge in [-0.15, -0.1) is 0 Å². The van der Waals surface area contributed by atoms with Crippen LogP contribution in [0.3, 0.4) is 0 Å². The highest BCUT2D eigenvalue weighted by Gasteiger charge is 2.57. The largest absolute Gasteiger partial charge is 0.385 e. The van der Waals surface area contributed by atoms with Crippen LogP contribution in [0.25, 0.3) is 0 Å². The van der Waals surface area contributed by atoms with Crippen LogP contribution in [0.5, 0.6) is 0 Å². The van der Waals surface area contributed by atoms with Crippen molar-refractivity contribution < 1.29 is 18.6 Å². The fraction of sp³-hybridized carbons (Fsp3) is 1.00. The summed E-state index contributed by atoms with van der Waals surface area (Å²) in [6.07, 6.45) is 0.215. The predicted molar refractivity (Wildman–Crippen MR) is 59.9 cm³/mol. The molecule has 100 valence electrons. The molecule has 2 aliphatic rings. The number of alkyl halides is 2. The topological polar surface area (TPSA) is 55.5 Å². The van der Waals surface area contributed by atoms with Crippen LogP contribution in [-0.2, 0) is 4.74 Å². The fourth-order valence-corrected chi connectivity index (χ4v) is 2.97. The number of halogens is 2. The van der Waals surface area contributed by atoms with Crippen molar-refractivity contribution in [2.24, 2.45) is 5.73 Å². The van der Waals surface area contributed by atoms with Crippen LogP contribution in [0, 0.1) is 0 Å². The summed E-state index contributed by atoms with van der Waals surface area (Å²) < 4.78 is 31.8. The minimum atomic E-state index is -2.63. The van der Waals surface area contributed by atoms with Crippen molar-refractivity contribution in [3.8, 4) is 0 Å². The van der Waals surface area contributed by atoms with Crippen LogP contribution in [0.1, 0.15) is 46.0 Å². The maximum atomic E-state index is 13.1. The molecule has 1 heterocycles. The number of aliphatic hydroxyl groups is 1. The minimum Gasteiger partial charge on any atom is -0.385 e. The minimum absolute atomic E-state index is 0.141. The highest BCUT2D eigenvalue weighted by molar-refractivity contribution is 5.11. The van der Waals surface area contributed by atoms with Crippen LogP contribution in [0.2, 0.25) is 0 Å². The molecule has 5 heteroatoms. The van der Waals surface area contributed by atoms with Crippen molar-refractivity contribution >= 4 is 0 Å². The molecule has 0 aromatic carbocycles. The van der Waals surface area contributed by atoms with Gasteiger partial charge in [0.25, 0.3) is 0 Å². The van der Waals surface area contributed by atoms with E-state index in [4.69, 9.17) is 10.5 Å². The van der Waals surface area contributed by atoms with Crippen molar-refractivity contribution in [1.82, 2.24) is 0 Å². The summed E-state index contributed by atoms with van der Waals surface area (Å²) in [7, 11) is 0. The molecule has 1 saturated carbocycles. The lowest BCUT2D eigenvalue weighted by molar-refractivity contribution is -0.107. The third-order valence-electron chi connectivity index (χ3n) is 4.22. The van der Waals surface area contributed by atoms with Gasteiger partial charge < -0.3 is 15.6 Å². The number of hydrogen-bond donors (Lipinski definition) is 2. The first kappa shape index (κ1) is 13.2. The van der Waals surface area contributed by atoms with E-state index in [-0.39, 0.29) is 32.3 Å². The van der Waals surface area contributed by atoms with Crippen molar-refractivity contribution in [3.63, 3.8) is 0 Å². The first-order chi connectivity index (χ1) is 7.58. The molecule has 1 aliphatic heterocycles. The quantitative estimate of drug-likeness (QED) is 0.745. The van der Waals surface area contributed by atoms with Crippen LogP contribution in [0.15, 0.2) is 0 Å². The monoisotopic (exact) mass is 249 g/mol. The Hall–Kier alpha value is -0.260. The molecule has 0 aromatic rings. The maximum absolute atomic E-state index is 13.1. The smallest absolute Gasteiger partial charge is 0.248 e. The van der Waals surface area contributed by atoms with E-state index < -0.39 is 22.7 Å². The van der Waals surface area contributed by atoms with Crippen LogP contribution < -0.4 is 5.73 Å². The molecule has 0 radical (unpaired) electrons. The molecule has 0 spiro atoms. The Bertz CT molecular complexity index is 310. The van der Waals surface area contributed by atoms with Gasteiger partial charge >= 0.3 is 0 Å². The summed E-state index contributed by atoms with van der Waals surface area (Å²) in [5.74, 6) is -2.63. The molecule has 2 rings (SSSR count). The van der Waals surface area contributed by atoms with Crippen LogP contribution in [0.4, 0.5) is 8.78 Å². The molecule has 3 N–H and O–H groups in total. The zero-order valence-electron chi connectivity index (χ0n) is 10.4. The molecular formula is C12H21F2NO2. The van der Waals surface area contributed by atoms with Gasteiger partial charge in [0, 0.05) is 24.8 Å². The second kappa shape index (κ2) is 3.62. The van der Waals surface area contributed by atoms with E-state index in [1.165, 1.54) is 0 Å². The summed E-state index contributed by atoms with van der Waals surface area (Å²) in [4.78, 5) is 0. The Morgan fingerprint density at radius 2 is 1.65 bits per heavy atom. The highest BCUT2D eigenvalue weighted by Crippen LogP contribution is 2.47. The number of hydrogen-bond acceptors (Lipinski definition) is 3. The first-order valence-electron chi connectivity index (χ1n) is 6.11. The van der Waals surface area contributed by atoms with Crippen molar-refractivity contribution in [2.75, 3.05) is 6.61 Å². The van der Waals surface area contributed by atoms with Gasteiger partial charge in [-0.1, -0.05) is 0 Å². The summed E-state index contributed by atoms with van der Waals surface area (Å²) in [5, 5.41) is 10.6. The van der Waals surface area contributed by atoms with Gasteiger partial charge in [0.05, 0.1) is 12.2 Å². The highest BCUT2D eigenvalue weighted by atomic mass is 19.3. The molecule has 1 saturated heterocycles. The summed E-state index contributed by atoms with van der Waals surface area (Å²) in [6.45, 7) is 3.90. The third-order valence-corrected chi connectivity index (χ3v) is 4.22. The second-order valence-electron chi connectivity index (χ2n) is 6.27. The Morgan fingerprint density at radius 3 is 2.06 bits per heavy atom. The molecule has 0 amide bonds. The molecule has 1 unspecified atom stereocenters. The standard InChI is InChI=1S/C12H21F2NO2/c1-9(2)7-11(16,8-17-9)10(15)3-5-12(13,14)6-4-10/h16H,3-8,15H2,1-2H3. The van der Waals surface area contributed by atoms with Gasteiger partial charge in [-0.25, -0.2) is 8.78 Å². The molecule has 0 bridgehead atoms. The molecule has 1 aliphatic carbocycles. The summed E-state index contributed by atoms with van der Waals surface area (Å²) >= 11 is 0. The Kier molecular flexibility index (Phi) is 2.81. The van der Waals surface area contributed by atoms with E-state index in [0.717, 1.165) is 0 Å².